The van der Waals surface area contributed by atoms with Gasteiger partial charge in [0.05, 0.1) is 12.8 Å². The van der Waals surface area contributed by atoms with Gasteiger partial charge in [0.1, 0.15) is 11.8 Å². The smallest absolute Gasteiger partial charge is 0.247 e. The number of likely N-dealkylation sites (tertiary alicyclic amines) is 1. The average Bonchev–Trinajstić information content (AvgIpc) is 2.97. The summed E-state index contributed by atoms with van der Waals surface area (Å²) in [5, 5.41) is 2.83. The number of nitrogens with one attached hydrogen (secondary N) is 1. The molecule has 1 unspecified atom stereocenters. The summed E-state index contributed by atoms with van der Waals surface area (Å²) < 4.78 is 5.09. The summed E-state index contributed by atoms with van der Waals surface area (Å²) in [4.78, 5) is 26.2. The first-order chi connectivity index (χ1) is 10.6. The zero-order chi connectivity index (χ0) is 16.1. The highest BCUT2D eigenvalue weighted by atomic mass is 35.5. The summed E-state index contributed by atoms with van der Waals surface area (Å²) in [6.07, 6.45) is 2.84. The minimum absolute atomic E-state index is 0. The molecule has 2 amide bonds. The molecule has 0 bridgehead atoms. The molecule has 1 aromatic carbocycles. The molecule has 1 aromatic rings. The molecule has 3 N–H and O–H groups in total. The third kappa shape index (κ3) is 4.51. The highest BCUT2D eigenvalue weighted by Crippen LogP contribution is 2.26. The van der Waals surface area contributed by atoms with Crippen molar-refractivity contribution in [3.8, 4) is 5.75 Å². The quantitative estimate of drug-likeness (QED) is 0.805. The van der Waals surface area contributed by atoms with E-state index < -0.39 is 0 Å². The molecule has 6 nitrogen and oxygen atoms in total. The molecule has 2 rings (SSSR count). The van der Waals surface area contributed by atoms with Crippen molar-refractivity contribution in [1.82, 2.24) is 4.90 Å². The van der Waals surface area contributed by atoms with E-state index in [1.165, 1.54) is 0 Å². The summed E-state index contributed by atoms with van der Waals surface area (Å²) in [5.74, 6) is 0.458. The van der Waals surface area contributed by atoms with E-state index in [4.69, 9.17) is 10.5 Å². The van der Waals surface area contributed by atoms with Gasteiger partial charge in [-0.3, -0.25) is 9.59 Å². The Balaban J connectivity index is 0.00000264. The van der Waals surface area contributed by atoms with Crippen molar-refractivity contribution >= 4 is 35.6 Å². The van der Waals surface area contributed by atoms with Crippen LogP contribution < -0.4 is 15.8 Å². The number of nitrogens with zero attached hydrogens (tertiary/aromatic N) is 1. The maximum absolute atomic E-state index is 12.4. The monoisotopic (exact) mass is 341 g/mol. The van der Waals surface area contributed by atoms with Crippen molar-refractivity contribution in [2.24, 2.45) is 0 Å². The zero-order valence-corrected chi connectivity index (χ0v) is 14.3. The third-order valence-electron chi connectivity index (χ3n) is 3.84. The van der Waals surface area contributed by atoms with Crippen LogP contribution in [0.2, 0.25) is 0 Å². The molecule has 1 aliphatic heterocycles. The molecule has 0 aliphatic carbocycles. The summed E-state index contributed by atoms with van der Waals surface area (Å²) in [5.41, 5.74) is 6.91. The number of amides is 2. The minimum Gasteiger partial charge on any atom is -0.495 e. The van der Waals surface area contributed by atoms with E-state index in [1.54, 1.807) is 30.2 Å². The number of hydrogen-bond donors (Lipinski definition) is 2. The maximum atomic E-state index is 12.4. The number of benzene rings is 1. The molecule has 0 aromatic heterocycles. The molecular formula is C16H24ClN3O3. The summed E-state index contributed by atoms with van der Waals surface area (Å²) in [7, 11) is 1.54. The first-order valence-corrected chi connectivity index (χ1v) is 7.60. The molecule has 1 aliphatic rings. The topological polar surface area (TPSA) is 84.7 Å². The van der Waals surface area contributed by atoms with E-state index in [0.29, 0.717) is 36.5 Å². The van der Waals surface area contributed by atoms with Crippen LogP contribution >= 0.6 is 12.4 Å². The van der Waals surface area contributed by atoms with E-state index in [2.05, 4.69) is 5.32 Å². The molecule has 1 saturated heterocycles. The standard InChI is InChI=1S/C16H23N3O3.ClH/c1-3-5-15(20)19-9-4-6-13(19)16(21)18-11-7-8-14(22-2)12(17)10-11;/h7-8,10,13H,3-6,9,17H2,1-2H3,(H,18,21);1H. The number of nitrogen functional groups attached to an aromatic ring is 1. The average molecular weight is 342 g/mol. The minimum atomic E-state index is -0.387. The van der Waals surface area contributed by atoms with Crippen molar-refractivity contribution in [1.29, 1.82) is 0 Å². The molecule has 128 valence electrons. The molecule has 0 radical (unpaired) electrons. The van der Waals surface area contributed by atoms with Crippen LogP contribution in [0, 0.1) is 0 Å². The molecule has 23 heavy (non-hydrogen) atoms. The van der Waals surface area contributed by atoms with Gasteiger partial charge in [-0.2, -0.15) is 0 Å². The van der Waals surface area contributed by atoms with Crippen LogP contribution in [-0.4, -0.2) is 36.4 Å². The van der Waals surface area contributed by atoms with Gasteiger partial charge >= 0.3 is 0 Å². The predicted molar refractivity (Wildman–Crippen MR) is 92.9 cm³/mol. The van der Waals surface area contributed by atoms with Crippen molar-refractivity contribution < 1.29 is 14.3 Å². The number of methoxy groups -OCH3 is 1. The Bertz CT molecular complexity index is 566. The normalized spacial score (nSPS) is 16.6. The number of nitrogens with two attached hydrogens (primary N) is 1. The Hall–Kier alpha value is -1.95. The second-order valence-corrected chi connectivity index (χ2v) is 5.44. The molecule has 1 heterocycles. The molecule has 1 fully saturated rings. The van der Waals surface area contributed by atoms with E-state index >= 15 is 0 Å². The highest BCUT2D eigenvalue weighted by molar-refractivity contribution is 5.98. The number of anilines is 2. The van der Waals surface area contributed by atoms with Gasteiger partial charge in [0.25, 0.3) is 0 Å². The van der Waals surface area contributed by atoms with Crippen molar-refractivity contribution in [2.75, 3.05) is 24.7 Å². The molecular weight excluding hydrogens is 318 g/mol. The second kappa shape index (κ2) is 8.62. The van der Waals surface area contributed by atoms with Gasteiger partial charge in [-0.25, -0.2) is 0 Å². The van der Waals surface area contributed by atoms with Gasteiger partial charge in [-0.15, -0.1) is 12.4 Å². The van der Waals surface area contributed by atoms with Gasteiger partial charge < -0.3 is 20.7 Å². The highest BCUT2D eigenvalue weighted by Gasteiger charge is 2.33. The Morgan fingerprint density at radius 1 is 1.43 bits per heavy atom. The fourth-order valence-electron chi connectivity index (χ4n) is 2.73. The van der Waals surface area contributed by atoms with Gasteiger partial charge in [-0.1, -0.05) is 6.92 Å². The number of rotatable bonds is 5. The summed E-state index contributed by atoms with van der Waals surface area (Å²) >= 11 is 0. The Morgan fingerprint density at radius 2 is 2.17 bits per heavy atom. The van der Waals surface area contributed by atoms with Crippen LogP contribution in [0.1, 0.15) is 32.6 Å². The van der Waals surface area contributed by atoms with Crippen LogP contribution in [0.4, 0.5) is 11.4 Å². The first-order valence-electron chi connectivity index (χ1n) is 7.60. The van der Waals surface area contributed by atoms with Gasteiger partial charge in [0, 0.05) is 18.7 Å². The zero-order valence-electron chi connectivity index (χ0n) is 13.5. The largest absolute Gasteiger partial charge is 0.495 e. The van der Waals surface area contributed by atoms with Crippen LogP contribution in [0.25, 0.3) is 0 Å². The SMILES string of the molecule is CCCC(=O)N1CCCC1C(=O)Nc1ccc(OC)c(N)c1.Cl. The Morgan fingerprint density at radius 3 is 2.78 bits per heavy atom. The van der Waals surface area contributed by atoms with E-state index in [-0.39, 0.29) is 30.3 Å². The van der Waals surface area contributed by atoms with Gasteiger partial charge in [0.15, 0.2) is 0 Å². The first kappa shape index (κ1) is 19.1. The molecule has 0 spiro atoms. The number of hydrogen-bond acceptors (Lipinski definition) is 4. The predicted octanol–water partition coefficient (Wildman–Crippen LogP) is 2.43. The summed E-state index contributed by atoms with van der Waals surface area (Å²) in [6, 6.07) is 4.71. The lowest BCUT2D eigenvalue weighted by Crippen LogP contribution is -2.43. The molecule has 1 atom stereocenters. The van der Waals surface area contributed by atoms with E-state index in [1.807, 2.05) is 6.92 Å². The lowest BCUT2D eigenvalue weighted by Gasteiger charge is -2.24. The van der Waals surface area contributed by atoms with Crippen LogP contribution in [0.3, 0.4) is 0 Å². The van der Waals surface area contributed by atoms with E-state index in [0.717, 1.165) is 12.8 Å². The number of halogens is 1. The second-order valence-electron chi connectivity index (χ2n) is 5.44. The van der Waals surface area contributed by atoms with Crippen LogP contribution in [0.5, 0.6) is 5.75 Å². The Labute approximate surface area is 142 Å². The maximum Gasteiger partial charge on any atom is 0.247 e. The van der Waals surface area contributed by atoms with Crippen molar-refractivity contribution in [3.63, 3.8) is 0 Å². The number of carbonyl (C=O) groups is 2. The molecule has 7 heteroatoms. The number of carbonyl (C=O) groups excluding carboxylic acids is 2. The van der Waals surface area contributed by atoms with Crippen molar-refractivity contribution in [2.45, 2.75) is 38.6 Å². The Kier molecular flexibility index (Phi) is 7.16. The molecule has 0 saturated carbocycles. The lowest BCUT2D eigenvalue weighted by atomic mass is 10.2. The lowest BCUT2D eigenvalue weighted by molar-refractivity contribution is -0.136. The van der Waals surface area contributed by atoms with Crippen LogP contribution in [0.15, 0.2) is 18.2 Å². The van der Waals surface area contributed by atoms with Gasteiger partial charge in [0.2, 0.25) is 11.8 Å². The number of ether oxygens (including phenoxy) is 1. The van der Waals surface area contributed by atoms with Crippen LogP contribution in [-0.2, 0) is 9.59 Å². The fraction of sp³-hybridized carbons (Fsp3) is 0.500. The summed E-state index contributed by atoms with van der Waals surface area (Å²) in [6.45, 7) is 2.62. The van der Waals surface area contributed by atoms with Gasteiger partial charge in [-0.05, 0) is 37.5 Å². The fourth-order valence-corrected chi connectivity index (χ4v) is 2.73. The van der Waals surface area contributed by atoms with Crippen molar-refractivity contribution in [3.05, 3.63) is 18.2 Å². The third-order valence-corrected chi connectivity index (χ3v) is 3.84. The van der Waals surface area contributed by atoms with E-state index in [9.17, 15) is 9.59 Å².